The Kier molecular flexibility index (Phi) is 3.82. The second-order valence-electron chi connectivity index (χ2n) is 4.58. The Bertz CT molecular complexity index is 629. The number of halogens is 1. The summed E-state index contributed by atoms with van der Waals surface area (Å²) in [6.45, 7) is 3.69. The Morgan fingerprint density at radius 1 is 1.16 bits per heavy atom. The largest absolute Gasteiger partial charge is 0.366 e. The van der Waals surface area contributed by atoms with Gasteiger partial charge in [0.15, 0.2) is 0 Å². The van der Waals surface area contributed by atoms with E-state index in [0.29, 0.717) is 5.56 Å². The number of rotatable bonds is 3. The molecule has 1 N–H and O–H groups in total. The Hall–Kier alpha value is -2.34. The molecule has 96 valence electrons. The standard InChI is InChI=1S/C16H15FN2/c1-11-4-3-5-14(8-11)19-16(10-18)13-6-7-15(17)12(2)9-13/h3-9,16,19H,1-2H3. The first-order chi connectivity index (χ1) is 9.10. The Morgan fingerprint density at radius 3 is 2.58 bits per heavy atom. The first-order valence-corrected chi connectivity index (χ1v) is 6.09. The van der Waals surface area contributed by atoms with Crippen molar-refractivity contribution in [3.63, 3.8) is 0 Å². The molecule has 19 heavy (non-hydrogen) atoms. The van der Waals surface area contributed by atoms with Crippen LogP contribution in [-0.2, 0) is 0 Å². The third-order valence-electron chi connectivity index (χ3n) is 2.97. The van der Waals surface area contributed by atoms with Gasteiger partial charge < -0.3 is 5.32 Å². The number of benzene rings is 2. The van der Waals surface area contributed by atoms with Crippen LogP contribution in [0.2, 0.25) is 0 Å². The number of hydrogen-bond acceptors (Lipinski definition) is 2. The van der Waals surface area contributed by atoms with Gasteiger partial charge in [0.1, 0.15) is 11.9 Å². The fraction of sp³-hybridized carbons (Fsp3) is 0.188. The number of nitriles is 1. The highest BCUT2D eigenvalue weighted by molar-refractivity contribution is 5.49. The lowest BCUT2D eigenvalue weighted by molar-refractivity contribution is 0.617. The summed E-state index contributed by atoms with van der Waals surface area (Å²) in [5.41, 5.74) is 3.32. The summed E-state index contributed by atoms with van der Waals surface area (Å²) in [6.07, 6.45) is 0. The topological polar surface area (TPSA) is 35.8 Å². The highest BCUT2D eigenvalue weighted by Gasteiger charge is 2.11. The van der Waals surface area contributed by atoms with Crippen LogP contribution >= 0.6 is 0 Å². The van der Waals surface area contributed by atoms with Gasteiger partial charge in [-0.2, -0.15) is 5.26 Å². The average molecular weight is 254 g/mol. The van der Waals surface area contributed by atoms with Crippen molar-refractivity contribution in [2.24, 2.45) is 0 Å². The number of nitrogens with one attached hydrogen (secondary N) is 1. The molecule has 0 aliphatic heterocycles. The predicted molar refractivity (Wildman–Crippen MR) is 74.3 cm³/mol. The maximum atomic E-state index is 13.2. The van der Waals surface area contributed by atoms with Crippen molar-refractivity contribution in [2.45, 2.75) is 19.9 Å². The van der Waals surface area contributed by atoms with Gasteiger partial charge in [-0.05, 0) is 48.7 Å². The zero-order valence-corrected chi connectivity index (χ0v) is 10.9. The number of anilines is 1. The van der Waals surface area contributed by atoms with Crippen LogP contribution < -0.4 is 5.32 Å². The molecule has 2 nitrogen and oxygen atoms in total. The number of aryl methyl sites for hydroxylation is 2. The third kappa shape index (κ3) is 3.11. The molecule has 3 heteroatoms. The molecule has 0 radical (unpaired) electrons. The van der Waals surface area contributed by atoms with E-state index in [4.69, 9.17) is 0 Å². The molecule has 0 aliphatic carbocycles. The van der Waals surface area contributed by atoms with Crippen molar-refractivity contribution >= 4 is 5.69 Å². The van der Waals surface area contributed by atoms with E-state index in [9.17, 15) is 9.65 Å². The summed E-state index contributed by atoms with van der Waals surface area (Å²) in [4.78, 5) is 0. The van der Waals surface area contributed by atoms with Crippen LogP contribution in [-0.4, -0.2) is 0 Å². The lowest BCUT2D eigenvalue weighted by Crippen LogP contribution is -2.09. The fourth-order valence-corrected chi connectivity index (χ4v) is 1.94. The van der Waals surface area contributed by atoms with Crippen LogP contribution in [0.5, 0.6) is 0 Å². The van der Waals surface area contributed by atoms with Gasteiger partial charge in [-0.1, -0.05) is 24.3 Å². The van der Waals surface area contributed by atoms with Gasteiger partial charge in [0.2, 0.25) is 0 Å². The smallest absolute Gasteiger partial charge is 0.140 e. The molecule has 1 atom stereocenters. The summed E-state index contributed by atoms with van der Waals surface area (Å²) in [6, 6.07) is 14.3. The highest BCUT2D eigenvalue weighted by atomic mass is 19.1. The van der Waals surface area contributed by atoms with E-state index >= 15 is 0 Å². The van der Waals surface area contributed by atoms with E-state index in [-0.39, 0.29) is 5.82 Å². The van der Waals surface area contributed by atoms with Gasteiger partial charge in [-0.25, -0.2) is 4.39 Å². The number of hydrogen-bond donors (Lipinski definition) is 1. The Balaban J connectivity index is 2.25. The number of nitrogens with zero attached hydrogens (tertiary/aromatic N) is 1. The van der Waals surface area contributed by atoms with E-state index in [2.05, 4.69) is 11.4 Å². The lowest BCUT2D eigenvalue weighted by Gasteiger charge is -2.14. The van der Waals surface area contributed by atoms with Crippen LogP contribution in [0.4, 0.5) is 10.1 Å². The zero-order valence-electron chi connectivity index (χ0n) is 10.9. The molecule has 2 rings (SSSR count). The van der Waals surface area contributed by atoms with Gasteiger partial charge in [0.05, 0.1) is 6.07 Å². The molecule has 0 fully saturated rings. The van der Waals surface area contributed by atoms with Crippen molar-refractivity contribution in [3.05, 3.63) is 65.0 Å². The maximum absolute atomic E-state index is 13.2. The normalized spacial score (nSPS) is 11.7. The van der Waals surface area contributed by atoms with E-state index in [1.54, 1.807) is 19.1 Å². The summed E-state index contributed by atoms with van der Waals surface area (Å²) in [7, 11) is 0. The average Bonchev–Trinajstić information content (AvgIpc) is 2.39. The lowest BCUT2D eigenvalue weighted by atomic mass is 10.0. The van der Waals surface area contributed by atoms with Crippen molar-refractivity contribution in [3.8, 4) is 6.07 Å². The molecular formula is C16H15FN2. The van der Waals surface area contributed by atoms with Crippen LogP contribution in [0, 0.1) is 31.0 Å². The monoisotopic (exact) mass is 254 g/mol. The summed E-state index contributed by atoms with van der Waals surface area (Å²) < 4.78 is 13.2. The van der Waals surface area contributed by atoms with Gasteiger partial charge in [-0.3, -0.25) is 0 Å². The van der Waals surface area contributed by atoms with Gasteiger partial charge in [0.25, 0.3) is 0 Å². The van der Waals surface area contributed by atoms with Crippen LogP contribution in [0.3, 0.4) is 0 Å². The molecule has 2 aromatic carbocycles. The molecule has 0 aliphatic rings. The van der Waals surface area contributed by atoms with Gasteiger partial charge >= 0.3 is 0 Å². The van der Waals surface area contributed by atoms with E-state index < -0.39 is 6.04 Å². The molecule has 2 aromatic rings. The van der Waals surface area contributed by atoms with Crippen molar-refractivity contribution in [1.82, 2.24) is 0 Å². The molecule has 0 bridgehead atoms. The minimum absolute atomic E-state index is 0.254. The quantitative estimate of drug-likeness (QED) is 0.894. The minimum Gasteiger partial charge on any atom is -0.366 e. The second-order valence-corrected chi connectivity index (χ2v) is 4.58. The summed E-state index contributed by atoms with van der Waals surface area (Å²) >= 11 is 0. The van der Waals surface area contributed by atoms with Crippen LogP contribution in [0.1, 0.15) is 22.7 Å². The third-order valence-corrected chi connectivity index (χ3v) is 2.97. The summed E-state index contributed by atoms with van der Waals surface area (Å²) in [5.74, 6) is -0.254. The maximum Gasteiger partial charge on any atom is 0.140 e. The van der Waals surface area contributed by atoms with Crippen LogP contribution in [0.25, 0.3) is 0 Å². The molecule has 0 saturated heterocycles. The van der Waals surface area contributed by atoms with Crippen molar-refractivity contribution in [2.75, 3.05) is 5.32 Å². The minimum atomic E-state index is -0.485. The van der Waals surface area contributed by atoms with E-state index in [1.807, 2.05) is 31.2 Å². The van der Waals surface area contributed by atoms with Crippen molar-refractivity contribution in [1.29, 1.82) is 5.26 Å². The zero-order chi connectivity index (χ0) is 13.8. The SMILES string of the molecule is Cc1cccc(NC(C#N)c2ccc(F)c(C)c2)c1. The molecule has 0 heterocycles. The molecule has 1 unspecified atom stereocenters. The molecule has 0 saturated carbocycles. The molecule has 0 aromatic heterocycles. The van der Waals surface area contributed by atoms with Crippen molar-refractivity contribution < 1.29 is 4.39 Å². The molecule has 0 amide bonds. The van der Waals surface area contributed by atoms with E-state index in [1.165, 1.54) is 6.07 Å². The Morgan fingerprint density at radius 2 is 1.95 bits per heavy atom. The second kappa shape index (κ2) is 5.53. The predicted octanol–water partition coefficient (Wildman–Crippen LogP) is 4.12. The van der Waals surface area contributed by atoms with Crippen LogP contribution in [0.15, 0.2) is 42.5 Å². The van der Waals surface area contributed by atoms with Gasteiger partial charge in [-0.15, -0.1) is 0 Å². The van der Waals surface area contributed by atoms with E-state index in [0.717, 1.165) is 16.8 Å². The highest BCUT2D eigenvalue weighted by Crippen LogP contribution is 2.21. The molecular weight excluding hydrogens is 239 g/mol. The Labute approximate surface area is 112 Å². The van der Waals surface area contributed by atoms with Gasteiger partial charge in [0, 0.05) is 5.69 Å². The first-order valence-electron chi connectivity index (χ1n) is 6.09. The fourth-order valence-electron chi connectivity index (χ4n) is 1.94. The molecule has 0 spiro atoms. The summed E-state index contributed by atoms with van der Waals surface area (Å²) in [5, 5.41) is 12.4. The first kappa shape index (κ1) is 13.1.